The predicted molar refractivity (Wildman–Crippen MR) is 56.8 cm³/mol. The van der Waals surface area contributed by atoms with Gasteiger partial charge in [-0.25, -0.2) is 4.79 Å². The van der Waals surface area contributed by atoms with Crippen molar-refractivity contribution < 1.29 is 9.53 Å². The van der Waals surface area contributed by atoms with Crippen LogP contribution in [-0.4, -0.2) is 12.2 Å². The third-order valence-corrected chi connectivity index (χ3v) is 2.65. The first-order valence-corrected chi connectivity index (χ1v) is 5.07. The highest BCUT2D eigenvalue weighted by Gasteiger charge is 2.19. The SMILES string of the molecule is CC1Cc2cc(C(C)N=C=O)ccc2O1. The van der Waals surface area contributed by atoms with Gasteiger partial charge in [0.1, 0.15) is 11.9 Å². The molecule has 1 aromatic carbocycles. The van der Waals surface area contributed by atoms with E-state index in [0.29, 0.717) is 0 Å². The molecule has 2 atom stereocenters. The van der Waals surface area contributed by atoms with Gasteiger partial charge < -0.3 is 4.74 Å². The summed E-state index contributed by atoms with van der Waals surface area (Å²) in [7, 11) is 0. The fourth-order valence-electron chi connectivity index (χ4n) is 1.86. The molecule has 0 saturated heterocycles. The second-order valence-corrected chi connectivity index (χ2v) is 3.90. The maximum absolute atomic E-state index is 10.2. The minimum atomic E-state index is -0.122. The van der Waals surface area contributed by atoms with Crippen LogP contribution in [0.1, 0.15) is 31.0 Å². The molecular formula is C12H13NO2. The first-order valence-electron chi connectivity index (χ1n) is 5.07. The van der Waals surface area contributed by atoms with Crippen LogP contribution in [0.25, 0.3) is 0 Å². The molecule has 0 aromatic heterocycles. The van der Waals surface area contributed by atoms with Crippen molar-refractivity contribution in [3.05, 3.63) is 29.3 Å². The van der Waals surface area contributed by atoms with Crippen molar-refractivity contribution in [2.45, 2.75) is 32.4 Å². The zero-order valence-corrected chi connectivity index (χ0v) is 8.86. The summed E-state index contributed by atoms with van der Waals surface area (Å²) < 4.78 is 5.59. The standard InChI is InChI=1S/C12H13NO2/c1-8-5-11-6-10(9(2)13-7-14)3-4-12(11)15-8/h3-4,6,8-9H,5H2,1-2H3. The van der Waals surface area contributed by atoms with Crippen molar-refractivity contribution in [3.63, 3.8) is 0 Å². The van der Waals surface area contributed by atoms with Crippen molar-refractivity contribution in [1.29, 1.82) is 0 Å². The molecule has 3 heteroatoms. The molecule has 0 saturated carbocycles. The molecule has 0 fully saturated rings. The van der Waals surface area contributed by atoms with Crippen molar-refractivity contribution in [3.8, 4) is 5.75 Å². The summed E-state index contributed by atoms with van der Waals surface area (Å²) in [6, 6.07) is 5.83. The summed E-state index contributed by atoms with van der Waals surface area (Å²) >= 11 is 0. The van der Waals surface area contributed by atoms with E-state index >= 15 is 0 Å². The largest absolute Gasteiger partial charge is 0.490 e. The monoisotopic (exact) mass is 203 g/mol. The quantitative estimate of drug-likeness (QED) is 0.547. The smallest absolute Gasteiger partial charge is 0.235 e. The molecule has 15 heavy (non-hydrogen) atoms. The molecule has 0 radical (unpaired) electrons. The normalized spacial score (nSPS) is 20.0. The molecule has 0 amide bonds. The fraction of sp³-hybridized carbons (Fsp3) is 0.417. The maximum atomic E-state index is 10.2. The number of aliphatic imine (C=N–C) groups is 1. The molecule has 0 bridgehead atoms. The van der Waals surface area contributed by atoms with Gasteiger partial charge in [0, 0.05) is 6.42 Å². The Morgan fingerprint density at radius 2 is 2.40 bits per heavy atom. The van der Waals surface area contributed by atoms with Gasteiger partial charge in [0.05, 0.1) is 6.04 Å². The van der Waals surface area contributed by atoms with Gasteiger partial charge in [-0.2, -0.15) is 4.99 Å². The van der Waals surface area contributed by atoms with E-state index in [4.69, 9.17) is 4.74 Å². The van der Waals surface area contributed by atoms with Crippen LogP contribution in [0.5, 0.6) is 5.75 Å². The molecule has 0 aliphatic carbocycles. The highest BCUT2D eigenvalue weighted by Crippen LogP contribution is 2.31. The Morgan fingerprint density at radius 3 is 3.13 bits per heavy atom. The lowest BCUT2D eigenvalue weighted by Gasteiger charge is -2.06. The molecule has 1 aliphatic rings. The van der Waals surface area contributed by atoms with E-state index in [2.05, 4.69) is 11.1 Å². The molecule has 1 aliphatic heterocycles. The van der Waals surface area contributed by atoms with Gasteiger partial charge in [-0.1, -0.05) is 6.07 Å². The summed E-state index contributed by atoms with van der Waals surface area (Å²) in [5.41, 5.74) is 2.24. The lowest BCUT2D eigenvalue weighted by Crippen LogP contribution is -2.05. The molecule has 1 aromatic rings. The highest BCUT2D eigenvalue weighted by atomic mass is 16.5. The summed E-state index contributed by atoms with van der Waals surface area (Å²) in [6.07, 6.45) is 2.77. The maximum Gasteiger partial charge on any atom is 0.235 e. The second kappa shape index (κ2) is 3.87. The van der Waals surface area contributed by atoms with Gasteiger partial charge >= 0.3 is 0 Å². The average Bonchev–Trinajstić information content (AvgIpc) is 2.57. The Morgan fingerprint density at radius 1 is 1.60 bits per heavy atom. The Bertz CT molecular complexity index is 422. The van der Waals surface area contributed by atoms with E-state index in [0.717, 1.165) is 17.7 Å². The van der Waals surface area contributed by atoms with Gasteiger partial charge in [0.15, 0.2) is 0 Å². The van der Waals surface area contributed by atoms with Gasteiger partial charge in [0.25, 0.3) is 0 Å². The minimum absolute atomic E-state index is 0.122. The number of carbonyl (C=O) groups excluding carboxylic acids is 1. The van der Waals surface area contributed by atoms with Crippen LogP contribution in [0.3, 0.4) is 0 Å². The zero-order valence-electron chi connectivity index (χ0n) is 8.86. The predicted octanol–water partition coefficient (Wildman–Crippen LogP) is 2.41. The molecule has 2 unspecified atom stereocenters. The molecule has 0 N–H and O–H groups in total. The first kappa shape index (κ1) is 9.94. The third kappa shape index (κ3) is 1.92. The van der Waals surface area contributed by atoms with E-state index in [-0.39, 0.29) is 12.1 Å². The molecule has 0 spiro atoms. The summed E-state index contributed by atoms with van der Waals surface area (Å²) in [5, 5.41) is 0. The Balaban J connectivity index is 2.30. The number of nitrogens with zero attached hydrogens (tertiary/aromatic N) is 1. The second-order valence-electron chi connectivity index (χ2n) is 3.90. The molecule has 78 valence electrons. The zero-order chi connectivity index (χ0) is 10.8. The number of ether oxygens (including phenoxy) is 1. The van der Waals surface area contributed by atoms with Crippen LogP contribution in [0.2, 0.25) is 0 Å². The van der Waals surface area contributed by atoms with E-state index in [1.807, 2.05) is 26.0 Å². The van der Waals surface area contributed by atoms with Crippen molar-refractivity contribution >= 4 is 6.08 Å². The lowest BCUT2D eigenvalue weighted by atomic mass is 10.0. The van der Waals surface area contributed by atoms with E-state index in [1.165, 1.54) is 5.56 Å². The van der Waals surface area contributed by atoms with Gasteiger partial charge in [0.2, 0.25) is 6.08 Å². The van der Waals surface area contributed by atoms with Crippen LogP contribution in [0.4, 0.5) is 0 Å². The number of fused-ring (bicyclic) bond motifs is 1. The van der Waals surface area contributed by atoms with Gasteiger partial charge in [-0.3, -0.25) is 0 Å². The topological polar surface area (TPSA) is 38.7 Å². The van der Waals surface area contributed by atoms with Crippen molar-refractivity contribution in [2.75, 3.05) is 0 Å². The van der Waals surface area contributed by atoms with Crippen LogP contribution in [0.15, 0.2) is 23.2 Å². The van der Waals surface area contributed by atoms with Crippen molar-refractivity contribution in [1.82, 2.24) is 0 Å². The number of isocyanates is 1. The third-order valence-electron chi connectivity index (χ3n) is 2.65. The van der Waals surface area contributed by atoms with E-state index in [9.17, 15) is 4.79 Å². The fourth-order valence-corrected chi connectivity index (χ4v) is 1.86. The summed E-state index contributed by atoms with van der Waals surface area (Å²) in [5.74, 6) is 0.952. The molecule has 2 rings (SSSR count). The van der Waals surface area contributed by atoms with Gasteiger partial charge in [-0.05, 0) is 37.1 Å². The first-order chi connectivity index (χ1) is 7.20. The van der Waals surface area contributed by atoms with E-state index < -0.39 is 0 Å². The van der Waals surface area contributed by atoms with E-state index in [1.54, 1.807) is 6.08 Å². The average molecular weight is 203 g/mol. The molecule has 3 nitrogen and oxygen atoms in total. The summed E-state index contributed by atoms with van der Waals surface area (Å²) in [4.78, 5) is 13.9. The number of rotatable bonds is 2. The number of benzene rings is 1. The van der Waals surface area contributed by atoms with Crippen LogP contribution in [0, 0.1) is 0 Å². The highest BCUT2D eigenvalue weighted by molar-refractivity contribution is 5.42. The Labute approximate surface area is 88.8 Å². The van der Waals surface area contributed by atoms with Crippen LogP contribution >= 0.6 is 0 Å². The number of hydrogen-bond donors (Lipinski definition) is 0. The van der Waals surface area contributed by atoms with Crippen LogP contribution in [-0.2, 0) is 11.2 Å². The Hall–Kier alpha value is -1.60. The number of hydrogen-bond acceptors (Lipinski definition) is 3. The lowest BCUT2D eigenvalue weighted by molar-refractivity contribution is 0.254. The minimum Gasteiger partial charge on any atom is -0.490 e. The van der Waals surface area contributed by atoms with Gasteiger partial charge in [-0.15, -0.1) is 0 Å². The Kier molecular flexibility index (Phi) is 2.57. The molecular weight excluding hydrogens is 190 g/mol. The van der Waals surface area contributed by atoms with Crippen molar-refractivity contribution in [2.24, 2.45) is 4.99 Å². The molecule has 1 heterocycles. The summed E-state index contributed by atoms with van der Waals surface area (Å²) in [6.45, 7) is 3.93. The van der Waals surface area contributed by atoms with Crippen LogP contribution < -0.4 is 4.74 Å².